The lowest BCUT2D eigenvalue weighted by Crippen LogP contribution is -2.08. The molecule has 0 unspecified atom stereocenters. The number of aldehydes is 1. The maximum Gasteiger partial charge on any atom is 0.302 e. The smallest absolute Gasteiger partial charge is 0.302 e. The Hall–Kier alpha value is -1.48. The summed E-state index contributed by atoms with van der Waals surface area (Å²) in [6.45, 7) is 1.24. The van der Waals surface area contributed by atoms with Crippen molar-refractivity contribution >= 4 is 12.3 Å². The lowest BCUT2D eigenvalue weighted by Gasteiger charge is -2.00. The molecule has 0 aliphatic carbocycles. The number of esters is 1. The van der Waals surface area contributed by atoms with E-state index in [9.17, 15) is 9.59 Å². The largest absolute Gasteiger partial charge is 0.463 e. The minimum atomic E-state index is -0.432. The third-order valence-electron chi connectivity index (χ3n) is 0.828. The molecule has 0 spiro atoms. The van der Waals surface area contributed by atoms with Crippen molar-refractivity contribution in [2.24, 2.45) is 0 Å². The Morgan fingerprint density at radius 3 is 2.67 bits per heavy atom. The van der Waals surface area contributed by atoms with E-state index < -0.39 is 5.97 Å². The first-order valence-corrected chi connectivity index (χ1v) is 3.79. The summed E-state index contributed by atoms with van der Waals surface area (Å²) in [7, 11) is 0. The molecule has 0 aromatic carbocycles. The highest BCUT2D eigenvalue weighted by atomic mass is 17.8. The van der Waals surface area contributed by atoms with Crippen LogP contribution in [0.15, 0.2) is 12.3 Å². The van der Waals surface area contributed by atoms with Crippen LogP contribution in [0.1, 0.15) is 6.92 Å². The molecule has 0 N–H and O–H groups in total. The lowest BCUT2D eigenvalue weighted by molar-refractivity contribution is -0.700. The normalized spacial score (nSPS) is 10.2. The summed E-state index contributed by atoms with van der Waals surface area (Å²) in [5, 5.41) is 11.6. The molecule has 0 bridgehead atoms. The SMILES string of the molecule is CC(=O)OCCOOOOO/C=C/C=O. The van der Waals surface area contributed by atoms with Crippen molar-refractivity contribution in [3.8, 4) is 0 Å². The summed E-state index contributed by atoms with van der Waals surface area (Å²) in [5.41, 5.74) is 0. The Labute approximate surface area is 85.0 Å². The van der Waals surface area contributed by atoms with Crippen LogP contribution in [-0.2, 0) is 39.2 Å². The average Bonchev–Trinajstić information content (AvgIpc) is 2.20. The van der Waals surface area contributed by atoms with E-state index in [2.05, 4.69) is 29.6 Å². The van der Waals surface area contributed by atoms with Crippen molar-refractivity contribution in [1.29, 1.82) is 0 Å². The van der Waals surface area contributed by atoms with E-state index in [1.165, 1.54) is 6.92 Å². The minimum Gasteiger partial charge on any atom is -0.463 e. The maximum absolute atomic E-state index is 10.2. The van der Waals surface area contributed by atoms with E-state index in [-0.39, 0.29) is 13.2 Å². The predicted molar refractivity (Wildman–Crippen MR) is 42.1 cm³/mol. The van der Waals surface area contributed by atoms with Crippen LogP contribution in [-0.4, -0.2) is 25.5 Å². The molecule has 0 fully saturated rings. The van der Waals surface area contributed by atoms with E-state index in [1.54, 1.807) is 0 Å². The van der Waals surface area contributed by atoms with Crippen molar-refractivity contribution in [3.63, 3.8) is 0 Å². The first-order chi connectivity index (χ1) is 7.27. The van der Waals surface area contributed by atoms with Gasteiger partial charge in [0.05, 0.1) is 0 Å². The van der Waals surface area contributed by atoms with E-state index >= 15 is 0 Å². The minimum absolute atomic E-state index is 0.0184. The number of hydrogen-bond acceptors (Lipinski definition) is 8. The fourth-order valence-electron chi connectivity index (χ4n) is 0.387. The number of carbonyl (C=O) groups is 2. The molecule has 0 aromatic rings. The van der Waals surface area contributed by atoms with Crippen molar-refractivity contribution in [3.05, 3.63) is 12.3 Å². The number of allylic oxidation sites excluding steroid dienone is 1. The topological polar surface area (TPSA) is 89.5 Å². The third-order valence-corrected chi connectivity index (χ3v) is 0.828. The molecule has 0 aromatic heterocycles. The van der Waals surface area contributed by atoms with Crippen LogP contribution >= 0.6 is 0 Å². The van der Waals surface area contributed by atoms with Gasteiger partial charge in [-0.15, -0.1) is 0 Å². The predicted octanol–water partition coefficient (Wildman–Crippen LogP) is 0.00510. The van der Waals surface area contributed by atoms with E-state index in [4.69, 9.17) is 0 Å². The molecule has 0 atom stereocenters. The molecular formula is C7H10O8. The molecule has 0 aliphatic heterocycles. The molecule has 0 rings (SSSR count). The second kappa shape index (κ2) is 10.6. The fourth-order valence-corrected chi connectivity index (χ4v) is 0.387. The van der Waals surface area contributed by atoms with Crippen LogP contribution in [0.5, 0.6) is 0 Å². The summed E-state index contributed by atoms with van der Waals surface area (Å²) in [5.74, 6) is -0.432. The van der Waals surface area contributed by atoms with Gasteiger partial charge in [0.25, 0.3) is 0 Å². The van der Waals surface area contributed by atoms with Gasteiger partial charge in [-0.1, -0.05) is 0 Å². The van der Waals surface area contributed by atoms with E-state index in [0.717, 1.165) is 12.3 Å². The molecule has 0 saturated carbocycles. The summed E-state index contributed by atoms with van der Waals surface area (Å²) in [6, 6.07) is 0. The van der Waals surface area contributed by atoms with Gasteiger partial charge < -0.3 is 9.62 Å². The van der Waals surface area contributed by atoms with Gasteiger partial charge in [-0.05, 0) is 5.04 Å². The number of carbonyl (C=O) groups excluding carboxylic acids is 2. The van der Waals surface area contributed by atoms with Crippen molar-refractivity contribution in [2.45, 2.75) is 6.92 Å². The van der Waals surface area contributed by atoms with Gasteiger partial charge in [-0.3, -0.25) is 9.59 Å². The van der Waals surface area contributed by atoms with Crippen LogP contribution in [0.2, 0.25) is 0 Å². The standard InChI is InChI=1S/C7H10O8/c1-7(9)10-5-6-12-14-15-13-11-4-2-3-8/h2-4H,5-6H2,1H3/b4-2+. The van der Waals surface area contributed by atoms with Crippen LogP contribution < -0.4 is 0 Å². The molecule has 0 radical (unpaired) electrons. The van der Waals surface area contributed by atoms with Crippen LogP contribution in [0.25, 0.3) is 0 Å². The Morgan fingerprint density at radius 1 is 1.20 bits per heavy atom. The second-order valence-corrected chi connectivity index (χ2v) is 1.93. The fraction of sp³-hybridized carbons (Fsp3) is 0.429. The van der Waals surface area contributed by atoms with Crippen molar-refractivity contribution in [2.75, 3.05) is 13.2 Å². The van der Waals surface area contributed by atoms with Crippen LogP contribution in [0.4, 0.5) is 0 Å². The first kappa shape index (κ1) is 13.5. The Bertz CT molecular complexity index is 201. The molecule has 0 amide bonds. The van der Waals surface area contributed by atoms with Gasteiger partial charge in [-0.25, -0.2) is 4.89 Å². The van der Waals surface area contributed by atoms with Crippen molar-refractivity contribution < 1.29 is 39.2 Å². The van der Waals surface area contributed by atoms with E-state index in [1.807, 2.05) is 0 Å². The Morgan fingerprint density at radius 2 is 2.00 bits per heavy atom. The number of hydrogen-bond donors (Lipinski definition) is 0. The first-order valence-electron chi connectivity index (χ1n) is 3.79. The van der Waals surface area contributed by atoms with Crippen LogP contribution in [0, 0.1) is 0 Å². The van der Waals surface area contributed by atoms with Gasteiger partial charge >= 0.3 is 5.97 Å². The van der Waals surface area contributed by atoms with E-state index in [0.29, 0.717) is 6.29 Å². The summed E-state index contributed by atoms with van der Waals surface area (Å²) in [4.78, 5) is 28.3. The Kier molecular flexibility index (Phi) is 9.55. The van der Waals surface area contributed by atoms with Gasteiger partial charge in [0.2, 0.25) is 0 Å². The zero-order valence-corrected chi connectivity index (χ0v) is 7.91. The van der Waals surface area contributed by atoms with Gasteiger partial charge in [0, 0.05) is 23.1 Å². The molecule has 8 heteroatoms. The molecule has 86 valence electrons. The van der Waals surface area contributed by atoms with Crippen LogP contribution in [0.3, 0.4) is 0 Å². The summed E-state index contributed by atoms with van der Waals surface area (Å²) in [6.07, 6.45) is 2.40. The molecule has 0 saturated heterocycles. The average molecular weight is 222 g/mol. The molecule has 0 aliphatic rings. The Balaban J connectivity index is 3.01. The summed E-state index contributed by atoms with van der Waals surface area (Å²) < 4.78 is 4.48. The van der Waals surface area contributed by atoms with Gasteiger partial charge in [-0.2, -0.15) is 0 Å². The number of rotatable bonds is 9. The molecule has 8 nitrogen and oxygen atoms in total. The lowest BCUT2D eigenvalue weighted by atomic mass is 10.7. The van der Waals surface area contributed by atoms with Crippen molar-refractivity contribution in [1.82, 2.24) is 0 Å². The quantitative estimate of drug-likeness (QED) is 0.102. The monoisotopic (exact) mass is 222 g/mol. The molecular weight excluding hydrogens is 212 g/mol. The summed E-state index contributed by atoms with van der Waals surface area (Å²) >= 11 is 0. The highest BCUT2D eigenvalue weighted by Crippen LogP contribution is 1.87. The van der Waals surface area contributed by atoms with Gasteiger partial charge in [0.15, 0.2) is 0 Å². The maximum atomic E-state index is 10.2. The number of ether oxygens (including phenoxy) is 1. The second-order valence-electron chi connectivity index (χ2n) is 1.93. The third kappa shape index (κ3) is 12.5. The zero-order chi connectivity index (χ0) is 11.4. The highest BCUT2D eigenvalue weighted by molar-refractivity contribution is 5.65. The van der Waals surface area contributed by atoms with Gasteiger partial charge in [0.1, 0.15) is 25.8 Å². The zero-order valence-electron chi connectivity index (χ0n) is 7.91. The highest BCUT2D eigenvalue weighted by Gasteiger charge is 1.94. The molecule has 0 heterocycles. The molecule has 15 heavy (non-hydrogen) atoms.